The molecule has 1 aliphatic heterocycles. The van der Waals surface area contributed by atoms with Crippen LogP contribution in [-0.4, -0.2) is 41.0 Å². The van der Waals surface area contributed by atoms with E-state index in [0.29, 0.717) is 0 Å². The molecule has 0 amide bonds. The summed E-state index contributed by atoms with van der Waals surface area (Å²) in [5.74, 6) is 0.857. The number of benzene rings is 1. The Balaban J connectivity index is 1.35. The lowest BCUT2D eigenvalue weighted by Crippen LogP contribution is -2.42. The average Bonchev–Trinajstić information content (AvgIpc) is 2.68. The predicted octanol–water partition coefficient (Wildman–Crippen LogP) is 2.65. The molecule has 0 unspecified atom stereocenters. The van der Waals surface area contributed by atoms with Crippen molar-refractivity contribution >= 4 is 16.9 Å². The fourth-order valence-electron chi connectivity index (χ4n) is 3.13. The van der Waals surface area contributed by atoms with Gasteiger partial charge in [-0.2, -0.15) is 0 Å². The van der Waals surface area contributed by atoms with Crippen molar-refractivity contribution in [1.82, 2.24) is 20.2 Å². The molecule has 3 heterocycles. The van der Waals surface area contributed by atoms with E-state index in [0.717, 1.165) is 56.1 Å². The molecular formula is C20H23N5. The van der Waals surface area contributed by atoms with Gasteiger partial charge in [0.25, 0.3) is 0 Å². The van der Waals surface area contributed by atoms with Crippen LogP contribution in [0.2, 0.25) is 0 Å². The van der Waals surface area contributed by atoms with Gasteiger partial charge in [-0.15, -0.1) is 0 Å². The Morgan fingerprint density at radius 3 is 2.60 bits per heavy atom. The van der Waals surface area contributed by atoms with Crippen molar-refractivity contribution in [2.75, 3.05) is 31.5 Å². The average molecular weight is 333 g/mol. The number of nitrogens with one attached hydrogen (secondary N) is 2. The van der Waals surface area contributed by atoms with Gasteiger partial charge in [0.15, 0.2) is 5.65 Å². The van der Waals surface area contributed by atoms with E-state index in [4.69, 9.17) is 0 Å². The Morgan fingerprint density at radius 1 is 0.960 bits per heavy atom. The van der Waals surface area contributed by atoms with Crippen molar-refractivity contribution in [3.8, 4) is 0 Å². The van der Waals surface area contributed by atoms with Crippen LogP contribution in [0.15, 0.2) is 54.7 Å². The van der Waals surface area contributed by atoms with Gasteiger partial charge in [0.05, 0.1) is 0 Å². The van der Waals surface area contributed by atoms with Gasteiger partial charge in [-0.1, -0.05) is 24.3 Å². The molecule has 128 valence electrons. The van der Waals surface area contributed by atoms with E-state index in [1.807, 2.05) is 24.3 Å². The molecule has 0 aliphatic carbocycles. The fourth-order valence-corrected chi connectivity index (χ4v) is 3.13. The molecule has 5 nitrogen and oxygen atoms in total. The van der Waals surface area contributed by atoms with Crippen molar-refractivity contribution in [2.24, 2.45) is 0 Å². The molecule has 2 aromatic heterocycles. The summed E-state index contributed by atoms with van der Waals surface area (Å²) in [7, 11) is 0. The molecule has 4 rings (SSSR count). The molecule has 0 radical (unpaired) electrons. The second-order valence-electron chi connectivity index (χ2n) is 6.44. The molecule has 1 saturated heterocycles. The summed E-state index contributed by atoms with van der Waals surface area (Å²) in [5.41, 5.74) is 3.41. The summed E-state index contributed by atoms with van der Waals surface area (Å²) in [5, 5.41) is 7.84. The summed E-state index contributed by atoms with van der Waals surface area (Å²) < 4.78 is 0. The van der Waals surface area contributed by atoms with Crippen LogP contribution >= 0.6 is 0 Å². The van der Waals surface area contributed by atoms with Gasteiger partial charge in [-0.3, -0.25) is 4.90 Å². The van der Waals surface area contributed by atoms with Crippen molar-refractivity contribution in [1.29, 1.82) is 0 Å². The van der Waals surface area contributed by atoms with Gasteiger partial charge in [0.2, 0.25) is 0 Å². The molecule has 2 N–H and O–H groups in total. The number of aromatic nitrogens is 2. The van der Waals surface area contributed by atoms with E-state index >= 15 is 0 Å². The number of fused-ring (bicyclic) bond motifs is 1. The fraction of sp³-hybridized carbons (Fsp3) is 0.300. The van der Waals surface area contributed by atoms with E-state index < -0.39 is 0 Å². The van der Waals surface area contributed by atoms with Crippen molar-refractivity contribution in [3.63, 3.8) is 0 Å². The number of piperazine rings is 1. The molecule has 25 heavy (non-hydrogen) atoms. The summed E-state index contributed by atoms with van der Waals surface area (Å²) in [6, 6.07) is 16.9. The lowest BCUT2D eigenvalue weighted by Gasteiger charge is -2.27. The van der Waals surface area contributed by atoms with Gasteiger partial charge < -0.3 is 10.6 Å². The highest BCUT2D eigenvalue weighted by molar-refractivity contribution is 5.76. The first-order valence-electron chi connectivity index (χ1n) is 8.83. The number of anilines is 1. The van der Waals surface area contributed by atoms with Crippen LogP contribution in [0.5, 0.6) is 0 Å². The van der Waals surface area contributed by atoms with Crippen LogP contribution in [0.4, 0.5) is 5.82 Å². The molecule has 3 aromatic rings. The van der Waals surface area contributed by atoms with Crippen LogP contribution in [0.3, 0.4) is 0 Å². The van der Waals surface area contributed by atoms with Crippen LogP contribution < -0.4 is 10.6 Å². The third kappa shape index (κ3) is 4.13. The molecule has 5 heteroatoms. The monoisotopic (exact) mass is 333 g/mol. The maximum Gasteiger partial charge on any atom is 0.161 e. The Labute approximate surface area is 148 Å². The quantitative estimate of drug-likeness (QED) is 0.752. The van der Waals surface area contributed by atoms with Crippen molar-refractivity contribution in [3.05, 3.63) is 65.9 Å². The zero-order chi connectivity index (χ0) is 16.9. The smallest absolute Gasteiger partial charge is 0.161 e. The maximum absolute atomic E-state index is 4.55. The Hall–Kier alpha value is -2.50. The number of hydrogen-bond donors (Lipinski definition) is 2. The zero-order valence-electron chi connectivity index (χ0n) is 14.3. The summed E-state index contributed by atoms with van der Waals surface area (Å²) in [6.45, 7) is 6.24. The SMILES string of the molecule is c1cnc2nc(NCc3ccc(CN4CCNCC4)cc3)ccc2c1. The molecule has 0 atom stereocenters. The Bertz CT molecular complexity index is 825. The van der Waals surface area contributed by atoms with Gasteiger partial charge in [-0.05, 0) is 35.4 Å². The summed E-state index contributed by atoms with van der Waals surface area (Å²) >= 11 is 0. The Morgan fingerprint density at radius 2 is 1.76 bits per heavy atom. The van der Waals surface area contributed by atoms with Gasteiger partial charge in [-0.25, -0.2) is 9.97 Å². The Kier molecular flexibility index (Phi) is 4.86. The molecule has 1 aromatic carbocycles. The summed E-state index contributed by atoms with van der Waals surface area (Å²) in [6.07, 6.45) is 1.77. The first-order valence-corrected chi connectivity index (χ1v) is 8.83. The number of rotatable bonds is 5. The second-order valence-corrected chi connectivity index (χ2v) is 6.44. The number of nitrogens with zero attached hydrogens (tertiary/aromatic N) is 3. The molecule has 0 bridgehead atoms. The first kappa shape index (κ1) is 16.0. The number of hydrogen-bond acceptors (Lipinski definition) is 5. The molecule has 0 spiro atoms. The van der Waals surface area contributed by atoms with E-state index in [1.165, 1.54) is 11.1 Å². The van der Waals surface area contributed by atoms with Crippen LogP contribution in [-0.2, 0) is 13.1 Å². The minimum Gasteiger partial charge on any atom is -0.366 e. The molecular weight excluding hydrogens is 310 g/mol. The normalized spacial score (nSPS) is 15.4. The third-order valence-electron chi connectivity index (χ3n) is 4.58. The van der Waals surface area contributed by atoms with Gasteiger partial charge >= 0.3 is 0 Å². The highest BCUT2D eigenvalue weighted by atomic mass is 15.2. The summed E-state index contributed by atoms with van der Waals surface area (Å²) in [4.78, 5) is 11.3. The second kappa shape index (κ2) is 7.59. The first-order chi connectivity index (χ1) is 12.4. The minimum absolute atomic E-state index is 0.763. The van der Waals surface area contributed by atoms with Crippen molar-refractivity contribution in [2.45, 2.75) is 13.1 Å². The van der Waals surface area contributed by atoms with Crippen molar-refractivity contribution < 1.29 is 0 Å². The van der Waals surface area contributed by atoms with Gasteiger partial charge in [0, 0.05) is 50.9 Å². The van der Waals surface area contributed by atoms with E-state index in [-0.39, 0.29) is 0 Å². The molecule has 1 fully saturated rings. The number of pyridine rings is 2. The molecule has 1 aliphatic rings. The minimum atomic E-state index is 0.763. The topological polar surface area (TPSA) is 53.1 Å². The van der Waals surface area contributed by atoms with E-state index in [1.54, 1.807) is 6.20 Å². The highest BCUT2D eigenvalue weighted by Crippen LogP contribution is 2.14. The van der Waals surface area contributed by atoms with Crippen LogP contribution in [0.25, 0.3) is 11.0 Å². The van der Waals surface area contributed by atoms with E-state index in [2.05, 4.69) is 49.8 Å². The van der Waals surface area contributed by atoms with Crippen LogP contribution in [0, 0.1) is 0 Å². The lowest BCUT2D eigenvalue weighted by atomic mass is 10.1. The molecule has 0 saturated carbocycles. The maximum atomic E-state index is 4.55. The van der Waals surface area contributed by atoms with Gasteiger partial charge in [0.1, 0.15) is 5.82 Å². The highest BCUT2D eigenvalue weighted by Gasteiger charge is 2.09. The lowest BCUT2D eigenvalue weighted by molar-refractivity contribution is 0.233. The third-order valence-corrected chi connectivity index (χ3v) is 4.58. The zero-order valence-corrected chi connectivity index (χ0v) is 14.3. The standard InChI is InChI=1S/C20H23N5/c1-2-18-7-8-19(24-20(18)22-9-1)23-14-16-3-5-17(6-4-16)15-25-12-10-21-11-13-25/h1-9,21H,10-15H2,(H,22,23,24). The van der Waals surface area contributed by atoms with E-state index in [9.17, 15) is 0 Å². The predicted molar refractivity (Wildman–Crippen MR) is 101 cm³/mol. The largest absolute Gasteiger partial charge is 0.366 e. The van der Waals surface area contributed by atoms with Crippen LogP contribution in [0.1, 0.15) is 11.1 Å².